The van der Waals surface area contributed by atoms with Gasteiger partial charge in [0.05, 0.1) is 12.5 Å². The average molecular weight is 598 g/mol. The SMILES string of the molecule is O=C1C[C@@H]2CCCCSSC[C@@H](NC(=O)[C@@H](Cc3ccccc3)N1)C(=O)N[C@H](Cc1ccccc1)C(=O)CC(=O)O2. The van der Waals surface area contributed by atoms with Gasteiger partial charge in [0.1, 0.15) is 24.6 Å². The number of esters is 1. The maximum atomic E-state index is 13.6. The van der Waals surface area contributed by atoms with Crippen molar-refractivity contribution in [2.75, 3.05) is 11.5 Å². The third-order valence-corrected chi connectivity index (χ3v) is 9.41. The predicted octanol–water partition coefficient (Wildman–Crippen LogP) is 2.77. The molecule has 2 saturated heterocycles. The number of ketones is 1. The van der Waals surface area contributed by atoms with Crippen LogP contribution in [-0.2, 0) is 41.6 Å². The molecule has 0 spiro atoms. The lowest BCUT2D eigenvalue weighted by atomic mass is 10.00. The fourth-order valence-electron chi connectivity index (χ4n) is 4.75. The van der Waals surface area contributed by atoms with E-state index in [1.807, 2.05) is 60.7 Å². The number of carbonyl (C=O) groups excluding carboxylic acids is 5. The fourth-order valence-corrected chi connectivity index (χ4v) is 7.06. The lowest BCUT2D eigenvalue weighted by molar-refractivity contribution is -0.153. The van der Waals surface area contributed by atoms with Gasteiger partial charge in [0.15, 0.2) is 5.78 Å². The zero-order valence-corrected chi connectivity index (χ0v) is 24.3. The van der Waals surface area contributed by atoms with Crippen molar-refractivity contribution >= 4 is 51.1 Å². The van der Waals surface area contributed by atoms with Crippen molar-refractivity contribution in [3.05, 3.63) is 71.8 Å². The molecule has 2 heterocycles. The Hall–Kier alpha value is -3.31. The summed E-state index contributed by atoms with van der Waals surface area (Å²) < 4.78 is 5.64. The summed E-state index contributed by atoms with van der Waals surface area (Å²) in [6, 6.07) is 15.6. The average Bonchev–Trinajstić information content (AvgIpc) is 2.95. The van der Waals surface area contributed by atoms with Gasteiger partial charge >= 0.3 is 5.97 Å². The van der Waals surface area contributed by atoms with E-state index in [1.54, 1.807) is 10.8 Å². The van der Waals surface area contributed by atoms with Crippen LogP contribution in [0.4, 0.5) is 0 Å². The van der Waals surface area contributed by atoms with Crippen molar-refractivity contribution in [3.8, 4) is 0 Å². The molecule has 2 aliphatic rings. The topological polar surface area (TPSA) is 131 Å². The first-order chi connectivity index (χ1) is 19.9. The summed E-state index contributed by atoms with van der Waals surface area (Å²) in [4.78, 5) is 66.5. The van der Waals surface area contributed by atoms with E-state index in [-0.39, 0.29) is 25.0 Å². The number of ether oxygens (including phenoxy) is 1. The molecule has 3 amide bonds. The van der Waals surface area contributed by atoms with Crippen LogP contribution in [0.2, 0.25) is 0 Å². The van der Waals surface area contributed by atoms with Crippen LogP contribution in [0.15, 0.2) is 60.7 Å². The molecular weight excluding hydrogens is 562 g/mol. The molecule has 4 atom stereocenters. The molecule has 0 unspecified atom stereocenters. The summed E-state index contributed by atoms with van der Waals surface area (Å²) in [6.45, 7) is 0. The van der Waals surface area contributed by atoms with Gasteiger partial charge in [-0.15, -0.1) is 0 Å². The van der Waals surface area contributed by atoms with Crippen LogP contribution in [0.3, 0.4) is 0 Å². The molecule has 0 aromatic heterocycles. The molecule has 2 fully saturated rings. The molecule has 2 aromatic carbocycles. The Bertz CT molecular complexity index is 1210. The van der Waals surface area contributed by atoms with Gasteiger partial charge in [-0.2, -0.15) is 0 Å². The molecule has 4 rings (SSSR count). The summed E-state index contributed by atoms with van der Waals surface area (Å²) >= 11 is 0. The van der Waals surface area contributed by atoms with Crippen molar-refractivity contribution in [2.24, 2.45) is 0 Å². The summed E-state index contributed by atoms with van der Waals surface area (Å²) in [5.74, 6) is -1.64. The third kappa shape index (κ3) is 9.93. The van der Waals surface area contributed by atoms with Gasteiger partial charge in [0.25, 0.3) is 0 Å². The van der Waals surface area contributed by atoms with Gasteiger partial charge < -0.3 is 20.7 Å². The molecule has 41 heavy (non-hydrogen) atoms. The number of nitrogens with one attached hydrogen (secondary N) is 3. The molecule has 3 N–H and O–H groups in total. The normalized spacial score (nSPS) is 25.4. The van der Waals surface area contributed by atoms with Crippen molar-refractivity contribution in [1.29, 1.82) is 0 Å². The molecule has 0 aliphatic carbocycles. The molecule has 0 saturated carbocycles. The van der Waals surface area contributed by atoms with Crippen molar-refractivity contribution in [1.82, 2.24) is 16.0 Å². The number of fused-ring (bicyclic) bond motifs is 7. The van der Waals surface area contributed by atoms with Crippen LogP contribution in [-0.4, -0.2) is 65.2 Å². The minimum atomic E-state index is -0.995. The zero-order valence-electron chi connectivity index (χ0n) is 22.7. The van der Waals surface area contributed by atoms with E-state index < -0.39 is 60.1 Å². The first kappa shape index (κ1) is 30.6. The summed E-state index contributed by atoms with van der Waals surface area (Å²) in [7, 11) is 3.06. The lowest BCUT2D eigenvalue weighted by Gasteiger charge is -2.25. The Morgan fingerprint density at radius 3 is 2.07 bits per heavy atom. The lowest BCUT2D eigenvalue weighted by Crippen LogP contribution is -2.57. The van der Waals surface area contributed by atoms with E-state index in [2.05, 4.69) is 16.0 Å². The minimum Gasteiger partial charge on any atom is -0.461 e. The van der Waals surface area contributed by atoms with Gasteiger partial charge in [-0.25, -0.2) is 0 Å². The van der Waals surface area contributed by atoms with Crippen molar-refractivity contribution in [3.63, 3.8) is 0 Å². The van der Waals surface area contributed by atoms with Crippen LogP contribution in [0.25, 0.3) is 0 Å². The van der Waals surface area contributed by atoms with Crippen LogP contribution in [0, 0.1) is 0 Å². The van der Waals surface area contributed by atoms with E-state index in [0.717, 1.165) is 29.7 Å². The molecule has 218 valence electrons. The molecular formula is C30H35N3O6S2. The summed E-state index contributed by atoms with van der Waals surface area (Å²) in [6.07, 6.45) is 1.00. The number of rotatable bonds is 4. The molecule has 2 aromatic rings. The minimum absolute atomic E-state index is 0.131. The van der Waals surface area contributed by atoms with Gasteiger partial charge in [0, 0.05) is 17.9 Å². The highest BCUT2D eigenvalue weighted by molar-refractivity contribution is 8.76. The Morgan fingerprint density at radius 2 is 1.39 bits per heavy atom. The third-order valence-electron chi connectivity index (χ3n) is 6.91. The predicted molar refractivity (Wildman–Crippen MR) is 159 cm³/mol. The van der Waals surface area contributed by atoms with Crippen LogP contribution in [0.5, 0.6) is 0 Å². The van der Waals surface area contributed by atoms with Gasteiger partial charge in [-0.3, -0.25) is 24.0 Å². The Morgan fingerprint density at radius 1 is 0.732 bits per heavy atom. The summed E-state index contributed by atoms with van der Waals surface area (Å²) in [5, 5.41) is 8.42. The van der Waals surface area contributed by atoms with Crippen LogP contribution < -0.4 is 16.0 Å². The maximum Gasteiger partial charge on any atom is 0.313 e. The highest BCUT2D eigenvalue weighted by Gasteiger charge is 2.32. The van der Waals surface area contributed by atoms with Gasteiger partial charge in [0.2, 0.25) is 17.7 Å². The van der Waals surface area contributed by atoms with Crippen molar-refractivity contribution in [2.45, 2.75) is 69.2 Å². The zero-order chi connectivity index (χ0) is 29.0. The number of Topliss-reactive ketones (excluding diaryl/α,β-unsaturated/α-hetero) is 1. The monoisotopic (exact) mass is 597 g/mol. The largest absolute Gasteiger partial charge is 0.461 e. The van der Waals surface area contributed by atoms with Crippen LogP contribution in [0.1, 0.15) is 43.2 Å². The maximum absolute atomic E-state index is 13.6. The second-order valence-electron chi connectivity index (χ2n) is 10.2. The number of hydrogen-bond acceptors (Lipinski definition) is 8. The van der Waals surface area contributed by atoms with E-state index in [1.165, 1.54) is 10.8 Å². The molecule has 2 aliphatic heterocycles. The Labute approximate surface area is 247 Å². The van der Waals surface area contributed by atoms with Crippen LogP contribution >= 0.6 is 21.6 Å². The molecule has 9 nitrogen and oxygen atoms in total. The summed E-state index contributed by atoms with van der Waals surface area (Å²) in [5.41, 5.74) is 1.65. The Balaban J connectivity index is 1.67. The highest BCUT2D eigenvalue weighted by Crippen LogP contribution is 2.25. The molecule has 11 heteroatoms. The standard InChI is InChI=1S/C30H35N3O6S2/c34-26-18-28(36)39-22-13-7-8-14-40-41-19-25(30(38)32-23(26)15-20-9-3-1-4-10-20)33-29(37)24(31-27(35)17-22)16-21-11-5-2-6-12-21/h1-6,9-12,22-25H,7-8,13-19H2,(H,31,35)(H,32,38)(H,33,37)/t22-,23+,24+,25+/m0/s1. The number of amides is 3. The highest BCUT2D eigenvalue weighted by atomic mass is 33.1. The molecule has 2 bridgehead atoms. The smallest absolute Gasteiger partial charge is 0.313 e. The number of carbonyl (C=O) groups is 5. The van der Waals surface area contributed by atoms with E-state index in [0.29, 0.717) is 6.42 Å². The second-order valence-corrected chi connectivity index (χ2v) is 12.8. The second kappa shape index (κ2) is 15.6. The molecule has 0 radical (unpaired) electrons. The van der Waals surface area contributed by atoms with Gasteiger partial charge in [-0.05, 0) is 36.8 Å². The van der Waals surface area contributed by atoms with E-state index in [4.69, 9.17) is 4.74 Å². The quantitative estimate of drug-likeness (QED) is 0.279. The number of benzene rings is 2. The fraction of sp³-hybridized carbons (Fsp3) is 0.433. The van der Waals surface area contributed by atoms with E-state index >= 15 is 0 Å². The first-order valence-electron chi connectivity index (χ1n) is 13.8. The number of hydrogen-bond donors (Lipinski definition) is 3. The van der Waals surface area contributed by atoms with Gasteiger partial charge in [-0.1, -0.05) is 82.3 Å². The Kier molecular flexibility index (Phi) is 11.7. The van der Waals surface area contributed by atoms with Crippen molar-refractivity contribution < 1.29 is 28.7 Å². The van der Waals surface area contributed by atoms with E-state index in [9.17, 15) is 24.0 Å². The first-order valence-corrected chi connectivity index (χ1v) is 16.3.